The minimum Gasteiger partial charge on any atom is -0.350 e. The van der Waals surface area contributed by atoms with E-state index in [1.807, 2.05) is 34.9 Å². The first-order chi connectivity index (χ1) is 12.7. The SMILES string of the molecule is O=C(NCc1cnc2cnccn12)C1(c2ccc(Cl)cc2)CCCCC1. The van der Waals surface area contributed by atoms with E-state index >= 15 is 0 Å². The lowest BCUT2D eigenvalue weighted by Crippen LogP contribution is -2.45. The molecule has 0 bridgehead atoms. The van der Waals surface area contributed by atoms with Crippen molar-refractivity contribution in [1.29, 1.82) is 0 Å². The standard InChI is InChI=1S/C20H21ClN4O/c21-16-6-4-15(5-7-16)20(8-2-1-3-9-20)19(26)24-13-17-12-23-18-14-22-10-11-25(17)18/h4-7,10-12,14H,1-3,8-9,13H2,(H,24,26). The molecule has 0 aliphatic heterocycles. The number of benzene rings is 1. The fourth-order valence-electron chi connectivity index (χ4n) is 3.94. The van der Waals surface area contributed by atoms with Crippen LogP contribution in [0.25, 0.3) is 5.65 Å². The maximum absolute atomic E-state index is 13.3. The molecule has 0 spiro atoms. The summed E-state index contributed by atoms with van der Waals surface area (Å²) in [5.41, 5.74) is 2.31. The minimum atomic E-state index is -0.467. The Morgan fingerprint density at radius 2 is 1.92 bits per heavy atom. The smallest absolute Gasteiger partial charge is 0.230 e. The predicted molar refractivity (Wildman–Crippen MR) is 101 cm³/mol. The summed E-state index contributed by atoms with van der Waals surface area (Å²) in [6.45, 7) is 0.444. The van der Waals surface area contributed by atoms with Gasteiger partial charge in [-0.1, -0.05) is 43.0 Å². The van der Waals surface area contributed by atoms with Gasteiger partial charge >= 0.3 is 0 Å². The molecule has 1 N–H and O–H groups in total. The molecule has 3 aromatic rings. The maximum atomic E-state index is 13.3. The van der Waals surface area contributed by atoms with Gasteiger partial charge in [-0.05, 0) is 30.5 Å². The highest BCUT2D eigenvalue weighted by atomic mass is 35.5. The van der Waals surface area contributed by atoms with Crippen molar-refractivity contribution in [2.24, 2.45) is 0 Å². The van der Waals surface area contributed by atoms with Crippen molar-refractivity contribution >= 4 is 23.2 Å². The second-order valence-corrected chi connectivity index (χ2v) is 7.32. The fraction of sp³-hybridized carbons (Fsp3) is 0.350. The van der Waals surface area contributed by atoms with Gasteiger partial charge in [-0.25, -0.2) is 4.98 Å². The fourth-order valence-corrected chi connectivity index (χ4v) is 4.06. The molecule has 1 aliphatic rings. The lowest BCUT2D eigenvalue weighted by molar-refractivity contribution is -0.128. The lowest BCUT2D eigenvalue weighted by Gasteiger charge is -2.36. The molecule has 0 radical (unpaired) electrons. The summed E-state index contributed by atoms with van der Waals surface area (Å²) in [6, 6.07) is 7.73. The van der Waals surface area contributed by atoms with Crippen LogP contribution in [0.4, 0.5) is 0 Å². The molecule has 1 saturated carbocycles. The highest BCUT2D eigenvalue weighted by molar-refractivity contribution is 6.30. The number of imidazole rings is 1. The molecule has 134 valence electrons. The molecule has 26 heavy (non-hydrogen) atoms. The molecular weight excluding hydrogens is 348 g/mol. The molecule has 4 rings (SSSR count). The summed E-state index contributed by atoms with van der Waals surface area (Å²) in [7, 11) is 0. The number of nitrogens with one attached hydrogen (secondary N) is 1. The third kappa shape index (κ3) is 3.07. The van der Waals surface area contributed by atoms with Crippen LogP contribution < -0.4 is 5.32 Å². The van der Waals surface area contributed by atoms with E-state index in [0.717, 1.165) is 42.6 Å². The number of fused-ring (bicyclic) bond motifs is 1. The van der Waals surface area contributed by atoms with Gasteiger partial charge in [0.15, 0.2) is 5.65 Å². The summed E-state index contributed by atoms with van der Waals surface area (Å²) < 4.78 is 1.95. The largest absolute Gasteiger partial charge is 0.350 e. The number of nitrogens with zero attached hydrogens (tertiary/aromatic N) is 3. The van der Waals surface area contributed by atoms with Gasteiger partial charge in [0.2, 0.25) is 5.91 Å². The highest BCUT2D eigenvalue weighted by Crippen LogP contribution is 2.40. The molecule has 1 aromatic carbocycles. The van der Waals surface area contributed by atoms with E-state index in [9.17, 15) is 4.79 Å². The molecule has 2 aromatic heterocycles. The van der Waals surface area contributed by atoms with E-state index in [2.05, 4.69) is 15.3 Å². The van der Waals surface area contributed by atoms with Crippen LogP contribution in [-0.2, 0) is 16.8 Å². The first-order valence-corrected chi connectivity index (χ1v) is 9.37. The number of aromatic nitrogens is 3. The Kier molecular flexibility index (Phi) is 4.64. The zero-order valence-electron chi connectivity index (χ0n) is 14.5. The Hall–Kier alpha value is -2.40. The van der Waals surface area contributed by atoms with Gasteiger partial charge in [0, 0.05) is 17.4 Å². The van der Waals surface area contributed by atoms with Crippen LogP contribution in [0.3, 0.4) is 0 Å². The minimum absolute atomic E-state index is 0.0866. The lowest BCUT2D eigenvalue weighted by atomic mass is 9.68. The van der Waals surface area contributed by atoms with Crippen LogP contribution in [0.2, 0.25) is 5.02 Å². The van der Waals surface area contributed by atoms with Gasteiger partial charge in [0.05, 0.1) is 30.0 Å². The Morgan fingerprint density at radius 3 is 2.69 bits per heavy atom. The van der Waals surface area contributed by atoms with Crippen LogP contribution in [-0.4, -0.2) is 20.3 Å². The molecule has 0 unspecified atom stereocenters. The molecule has 0 atom stereocenters. The van der Waals surface area contributed by atoms with Crippen LogP contribution in [0.5, 0.6) is 0 Å². The van der Waals surface area contributed by atoms with Gasteiger partial charge in [-0.2, -0.15) is 0 Å². The Morgan fingerprint density at radius 1 is 1.15 bits per heavy atom. The van der Waals surface area contributed by atoms with Crippen molar-refractivity contribution in [3.05, 3.63) is 65.3 Å². The van der Waals surface area contributed by atoms with Crippen LogP contribution in [0, 0.1) is 0 Å². The number of carbonyl (C=O) groups excluding carboxylic acids is 1. The van der Waals surface area contributed by atoms with Crippen LogP contribution in [0.15, 0.2) is 49.1 Å². The van der Waals surface area contributed by atoms with Crippen LogP contribution in [0.1, 0.15) is 43.4 Å². The summed E-state index contributed by atoms with van der Waals surface area (Å²) in [5, 5.41) is 3.84. The van der Waals surface area contributed by atoms with E-state index in [4.69, 9.17) is 11.6 Å². The Bertz CT molecular complexity index is 913. The first-order valence-electron chi connectivity index (χ1n) is 8.99. The van der Waals surface area contributed by atoms with Gasteiger partial charge in [-0.3, -0.25) is 14.2 Å². The zero-order chi connectivity index (χ0) is 18.0. The number of carbonyl (C=O) groups is 1. The van der Waals surface area contributed by atoms with Gasteiger partial charge in [0.1, 0.15) is 0 Å². The molecule has 2 heterocycles. The maximum Gasteiger partial charge on any atom is 0.230 e. The number of amides is 1. The topological polar surface area (TPSA) is 59.3 Å². The van der Waals surface area contributed by atoms with Crippen molar-refractivity contribution in [3.8, 4) is 0 Å². The molecule has 1 aliphatic carbocycles. The zero-order valence-corrected chi connectivity index (χ0v) is 15.2. The first kappa shape index (κ1) is 17.0. The molecule has 1 amide bonds. The van der Waals surface area contributed by atoms with Crippen molar-refractivity contribution in [1.82, 2.24) is 19.7 Å². The second kappa shape index (κ2) is 7.08. The third-order valence-corrected chi connectivity index (χ3v) is 5.61. The normalized spacial score (nSPS) is 16.5. The van der Waals surface area contributed by atoms with Crippen molar-refractivity contribution < 1.29 is 4.79 Å². The average Bonchev–Trinajstić information content (AvgIpc) is 3.10. The monoisotopic (exact) mass is 368 g/mol. The van der Waals surface area contributed by atoms with Gasteiger partial charge in [0.25, 0.3) is 0 Å². The number of hydrogen-bond acceptors (Lipinski definition) is 3. The van der Waals surface area contributed by atoms with Crippen LogP contribution >= 0.6 is 11.6 Å². The van der Waals surface area contributed by atoms with Crippen molar-refractivity contribution in [2.45, 2.75) is 44.1 Å². The number of halogens is 1. The summed E-state index contributed by atoms with van der Waals surface area (Å²) >= 11 is 6.04. The van der Waals surface area contributed by atoms with E-state index in [1.165, 1.54) is 6.42 Å². The van der Waals surface area contributed by atoms with E-state index < -0.39 is 5.41 Å². The van der Waals surface area contributed by atoms with Crippen molar-refractivity contribution in [2.75, 3.05) is 0 Å². The summed E-state index contributed by atoms with van der Waals surface area (Å²) in [6.07, 6.45) is 12.1. The average molecular weight is 369 g/mol. The number of hydrogen-bond donors (Lipinski definition) is 1. The Balaban J connectivity index is 1.58. The van der Waals surface area contributed by atoms with Gasteiger partial charge < -0.3 is 5.32 Å². The summed E-state index contributed by atoms with van der Waals surface area (Å²) in [5.74, 6) is 0.0866. The third-order valence-electron chi connectivity index (χ3n) is 5.36. The summed E-state index contributed by atoms with van der Waals surface area (Å²) in [4.78, 5) is 21.7. The Labute approximate surface area is 157 Å². The predicted octanol–water partition coefficient (Wildman–Crippen LogP) is 3.90. The second-order valence-electron chi connectivity index (χ2n) is 6.89. The van der Waals surface area contributed by atoms with Gasteiger partial charge in [-0.15, -0.1) is 0 Å². The quantitative estimate of drug-likeness (QED) is 0.759. The molecule has 5 nitrogen and oxygen atoms in total. The molecule has 0 saturated heterocycles. The molecule has 6 heteroatoms. The van der Waals surface area contributed by atoms with Crippen molar-refractivity contribution in [3.63, 3.8) is 0 Å². The van der Waals surface area contributed by atoms with E-state index in [-0.39, 0.29) is 5.91 Å². The molecule has 1 fully saturated rings. The van der Waals surface area contributed by atoms with E-state index in [0.29, 0.717) is 11.6 Å². The molecular formula is C20H21ClN4O. The highest BCUT2D eigenvalue weighted by Gasteiger charge is 2.40. The number of rotatable bonds is 4. The van der Waals surface area contributed by atoms with E-state index in [1.54, 1.807) is 18.6 Å².